The summed E-state index contributed by atoms with van der Waals surface area (Å²) in [6, 6.07) is 15.8. The van der Waals surface area contributed by atoms with Crippen molar-refractivity contribution in [2.24, 2.45) is 17.6 Å². The van der Waals surface area contributed by atoms with E-state index >= 15 is 0 Å². The quantitative estimate of drug-likeness (QED) is 0.121. The average molecular weight is 576 g/mol. The fourth-order valence-electron chi connectivity index (χ4n) is 5.77. The standard InChI is InChI=1S/C32H45N7O3/c33-29(34)26-13-11-23(12-14-26)21-27(30(40)37-22-24-7-3-1-4-8-24)31(41)38-28(25-9-5-2-6-10-25)32(42)36-17-20-39-18-15-35-16-19-39/h1,3-4,7-8,11-14,25,27-28,35H,2,5-6,9-10,15-22H2,(H3,33,34)(H,36,42)(H,37,40)(H,38,41)/t27?,28-/m0/s1. The second kappa shape index (κ2) is 16.0. The zero-order chi connectivity index (χ0) is 29.7. The number of amidine groups is 1. The van der Waals surface area contributed by atoms with Crippen LogP contribution < -0.4 is 27.0 Å². The second-order valence-electron chi connectivity index (χ2n) is 11.3. The highest BCUT2D eigenvalue weighted by atomic mass is 16.2. The van der Waals surface area contributed by atoms with Crippen molar-refractivity contribution in [2.45, 2.75) is 51.1 Å². The molecule has 0 radical (unpaired) electrons. The summed E-state index contributed by atoms with van der Waals surface area (Å²) in [7, 11) is 0. The predicted octanol–water partition coefficient (Wildman–Crippen LogP) is 1.53. The van der Waals surface area contributed by atoms with Crippen LogP contribution in [0.15, 0.2) is 54.6 Å². The van der Waals surface area contributed by atoms with Gasteiger partial charge in [0, 0.05) is 51.4 Å². The van der Waals surface area contributed by atoms with Crippen LogP contribution in [0.1, 0.15) is 48.8 Å². The smallest absolute Gasteiger partial charge is 0.242 e. The van der Waals surface area contributed by atoms with E-state index in [1.165, 1.54) is 0 Å². The van der Waals surface area contributed by atoms with Crippen LogP contribution in [0.2, 0.25) is 0 Å². The van der Waals surface area contributed by atoms with Gasteiger partial charge in [0.15, 0.2) is 0 Å². The third kappa shape index (κ3) is 9.39. The van der Waals surface area contributed by atoms with Crippen molar-refractivity contribution >= 4 is 23.6 Å². The highest BCUT2D eigenvalue weighted by Crippen LogP contribution is 2.27. The lowest BCUT2D eigenvalue weighted by atomic mass is 9.83. The van der Waals surface area contributed by atoms with Crippen molar-refractivity contribution in [3.8, 4) is 0 Å². The number of nitrogens with two attached hydrogens (primary N) is 1. The normalized spacial score (nSPS) is 17.5. The van der Waals surface area contributed by atoms with Crippen LogP contribution >= 0.6 is 0 Å². The van der Waals surface area contributed by atoms with Gasteiger partial charge in [-0.05, 0) is 36.3 Å². The summed E-state index contributed by atoms with van der Waals surface area (Å²) in [5.74, 6) is -2.08. The largest absolute Gasteiger partial charge is 0.384 e. The third-order valence-corrected chi connectivity index (χ3v) is 8.29. The summed E-state index contributed by atoms with van der Waals surface area (Å²) >= 11 is 0. The number of amides is 3. The minimum atomic E-state index is -1.03. The maximum Gasteiger partial charge on any atom is 0.242 e. The Bertz CT molecular complexity index is 1180. The number of carbonyl (C=O) groups excluding carboxylic acids is 3. The van der Waals surface area contributed by atoms with Crippen molar-refractivity contribution < 1.29 is 14.4 Å². The number of nitrogens with one attached hydrogen (secondary N) is 5. The Balaban J connectivity index is 1.46. The predicted molar refractivity (Wildman–Crippen MR) is 164 cm³/mol. The number of rotatable bonds is 13. The monoisotopic (exact) mass is 575 g/mol. The SMILES string of the molecule is N=C(N)c1ccc(CC(C(=O)NCc2ccccc2)C(=O)N[C@H](C(=O)NCCN2CCNCC2)C2CCCCC2)cc1. The van der Waals surface area contributed by atoms with Crippen LogP contribution in [-0.2, 0) is 27.3 Å². The minimum absolute atomic E-state index is 0.0322. The molecule has 7 N–H and O–H groups in total. The molecule has 1 heterocycles. The molecule has 0 aromatic heterocycles. The zero-order valence-electron chi connectivity index (χ0n) is 24.4. The Morgan fingerprint density at radius 3 is 2.24 bits per heavy atom. The Labute approximate surface area is 248 Å². The van der Waals surface area contributed by atoms with Gasteiger partial charge in [0.25, 0.3) is 0 Å². The number of benzene rings is 2. The van der Waals surface area contributed by atoms with E-state index in [-0.39, 0.29) is 24.1 Å². The average Bonchev–Trinajstić information content (AvgIpc) is 3.02. The molecule has 1 saturated carbocycles. The van der Waals surface area contributed by atoms with Crippen molar-refractivity contribution in [3.05, 3.63) is 71.3 Å². The first-order valence-corrected chi connectivity index (χ1v) is 15.2. The fraction of sp³-hybridized carbons (Fsp3) is 0.500. The Morgan fingerprint density at radius 2 is 1.57 bits per heavy atom. The molecule has 10 heteroatoms. The summed E-state index contributed by atoms with van der Waals surface area (Å²) in [5, 5.41) is 20.0. The Morgan fingerprint density at radius 1 is 0.881 bits per heavy atom. The molecule has 2 aromatic rings. The van der Waals surface area contributed by atoms with Crippen molar-refractivity contribution in [1.29, 1.82) is 5.41 Å². The molecule has 2 aliphatic rings. The third-order valence-electron chi connectivity index (χ3n) is 8.29. The van der Waals surface area contributed by atoms with Crippen molar-refractivity contribution in [1.82, 2.24) is 26.2 Å². The van der Waals surface area contributed by atoms with E-state index in [1.54, 1.807) is 24.3 Å². The van der Waals surface area contributed by atoms with Gasteiger partial charge < -0.3 is 27.0 Å². The first-order chi connectivity index (χ1) is 20.4. The van der Waals surface area contributed by atoms with E-state index in [0.29, 0.717) is 18.7 Å². The fourth-order valence-corrected chi connectivity index (χ4v) is 5.77. The molecule has 1 unspecified atom stereocenters. The highest BCUT2D eigenvalue weighted by Gasteiger charge is 2.35. The van der Waals surface area contributed by atoms with Gasteiger partial charge in [-0.2, -0.15) is 0 Å². The van der Waals surface area contributed by atoms with E-state index < -0.39 is 23.8 Å². The molecule has 1 aliphatic carbocycles. The number of carbonyl (C=O) groups is 3. The molecule has 4 rings (SSSR count). The maximum absolute atomic E-state index is 13.8. The molecule has 2 aromatic carbocycles. The van der Waals surface area contributed by atoms with E-state index in [9.17, 15) is 14.4 Å². The van der Waals surface area contributed by atoms with E-state index in [0.717, 1.165) is 76.0 Å². The van der Waals surface area contributed by atoms with Gasteiger partial charge in [0.05, 0.1) is 0 Å². The topological polar surface area (TPSA) is 152 Å². The van der Waals surface area contributed by atoms with E-state index in [4.69, 9.17) is 11.1 Å². The summed E-state index contributed by atoms with van der Waals surface area (Å²) in [6.45, 7) is 5.36. The van der Waals surface area contributed by atoms with Crippen LogP contribution in [-0.4, -0.2) is 73.8 Å². The van der Waals surface area contributed by atoms with Crippen molar-refractivity contribution in [2.75, 3.05) is 39.3 Å². The molecule has 2 atom stereocenters. The molecule has 10 nitrogen and oxygen atoms in total. The molecule has 42 heavy (non-hydrogen) atoms. The van der Waals surface area contributed by atoms with Gasteiger partial charge in [0.2, 0.25) is 17.7 Å². The molecule has 0 bridgehead atoms. The van der Waals surface area contributed by atoms with Gasteiger partial charge in [-0.3, -0.25) is 24.7 Å². The lowest BCUT2D eigenvalue weighted by Crippen LogP contribution is -2.55. The molecule has 3 amide bonds. The molecule has 1 saturated heterocycles. The first kappa shape index (κ1) is 31.2. The molecule has 1 aliphatic heterocycles. The number of nitrogens with zero attached hydrogens (tertiary/aromatic N) is 1. The number of hydrogen-bond donors (Lipinski definition) is 6. The number of piperazine rings is 1. The minimum Gasteiger partial charge on any atom is -0.384 e. The van der Waals surface area contributed by atoms with Crippen LogP contribution in [0.4, 0.5) is 0 Å². The van der Waals surface area contributed by atoms with Gasteiger partial charge in [0.1, 0.15) is 17.8 Å². The number of hydrogen-bond acceptors (Lipinski definition) is 6. The summed E-state index contributed by atoms with van der Waals surface area (Å²) in [4.78, 5) is 43.1. The van der Waals surface area contributed by atoms with E-state index in [2.05, 4.69) is 26.2 Å². The summed E-state index contributed by atoms with van der Waals surface area (Å²) < 4.78 is 0. The van der Waals surface area contributed by atoms with Gasteiger partial charge in [-0.1, -0.05) is 73.9 Å². The van der Waals surface area contributed by atoms with Crippen molar-refractivity contribution in [3.63, 3.8) is 0 Å². The van der Waals surface area contributed by atoms with Gasteiger partial charge in [-0.15, -0.1) is 0 Å². The van der Waals surface area contributed by atoms with Gasteiger partial charge >= 0.3 is 0 Å². The van der Waals surface area contributed by atoms with Crippen LogP contribution in [0.3, 0.4) is 0 Å². The van der Waals surface area contributed by atoms with Crippen LogP contribution in [0, 0.1) is 17.2 Å². The van der Waals surface area contributed by atoms with Crippen LogP contribution in [0.25, 0.3) is 0 Å². The molecule has 226 valence electrons. The second-order valence-corrected chi connectivity index (χ2v) is 11.3. The first-order valence-electron chi connectivity index (χ1n) is 15.2. The lowest BCUT2D eigenvalue weighted by Gasteiger charge is -2.32. The lowest BCUT2D eigenvalue weighted by molar-refractivity contribution is -0.138. The summed E-state index contributed by atoms with van der Waals surface area (Å²) in [6.07, 6.45) is 5.07. The van der Waals surface area contributed by atoms with E-state index in [1.807, 2.05) is 30.3 Å². The molecule has 0 spiro atoms. The molecular formula is C32H45N7O3. The van der Waals surface area contributed by atoms with Gasteiger partial charge in [-0.25, -0.2) is 0 Å². The Hall–Kier alpha value is -3.76. The maximum atomic E-state index is 13.8. The number of nitrogen functional groups attached to an aromatic ring is 1. The molecular weight excluding hydrogens is 530 g/mol. The van der Waals surface area contributed by atoms with Crippen LogP contribution in [0.5, 0.6) is 0 Å². The zero-order valence-corrected chi connectivity index (χ0v) is 24.4. The highest BCUT2D eigenvalue weighted by molar-refractivity contribution is 6.02. The molecule has 2 fully saturated rings. The summed E-state index contributed by atoms with van der Waals surface area (Å²) in [5.41, 5.74) is 7.87. The Kier molecular flexibility index (Phi) is 11.9.